The van der Waals surface area contributed by atoms with Gasteiger partial charge in [-0.3, -0.25) is 4.79 Å². The summed E-state index contributed by atoms with van der Waals surface area (Å²) < 4.78 is 0. The number of thiazole rings is 1. The van der Waals surface area contributed by atoms with E-state index in [4.69, 9.17) is 0 Å². The van der Waals surface area contributed by atoms with E-state index in [1.165, 1.54) is 33.2 Å². The van der Waals surface area contributed by atoms with E-state index in [1.54, 1.807) is 0 Å². The highest BCUT2D eigenvalue weighted by Gasteiger charge is 2.09. The number of hydrogen-bond donors (Lipinski definition) is 1. The molecule has 0 unspecified atom stereocenters. The van der Waals surface area contributed by atoms with Gasteiger partial charge in [0.25, 0.3) is 0 Å². The lowest BCUT2D eigenvalue weighted by Crippen LogP contribution is -2.12. The minimum atomic E-state index is -0.00448. The first kappa shape index (κ1) is 18.4. The Hall–Kier alpha value is -2.98. The van der Waals surface area contributed by atoms with E-state index >= 15 is 0 Å². The summed E-state index contributed by atoms with van der Waals surface area (Å²) in [4.78, 5) is 17.0. The van der Waals surface area contributed by atoms with E-state index in [2.05, 4.69) is 65.8 Å². The molecule has 0 saturated heterocycles. The number of carbonyl (C=O) groups excluding carboxylic acids is 1. The van der Waals surface area contributed by atoms with Gasteiger partial charge in [0, 0.05) is 17.4 Å². The largest absolute Gasteiger partial charge is 0.302 e. The Morgan fingerprint density at radius 2 is 1.79 bits per heavy atom. The normalized spacial score (nSPS) is 10.9. The van der Waals surface area contributed by atoms with Gasteiger partial charge in [0.2, 0.25) is 5.91 Å². The van der Waals surface area contributed by atoms with E-state index in [0.717, 1.165) is 17.7 Å². The van der Waals surface area contributed by atoms with Gasteiger partial charge in [-0.1, -0.05) is 73.7 Å². The first-order valence-electron chi connectivity index (χ1n) is 9.54. The molecule has 1 aromatic heterocycles. The summed E-state index contributed by atoms with van der Waals surface area (Å²) >= 11 is 1.46. The number of aryl methyl sites for hydroxylation is 2. The SMILES string of the molecule is CCc1ccc(-c2csc(NC(=O)CCc3cccc4ccccc34)n2)cc1. The summed E-state index contributed by atoms with van der Waals surface area (Å²) in [5.41, 5.74) is 4.48. The van der Waals surface area contributed by atoms with Crippen LogP contribution in [0, 0.1) is 0 Å². The summed E-state index contributed by atoms with van der Waals surface area (Å²) in [5.74, 6) is -0.00448. The van der Waals surface area contributed by atoms with Crippen LogP contribution >= 0.6 is 11.3 Å². The Balaban J connectivity index is 1.39. The van der Waals surface area contributed by atoms with Crippen molar-refractivity contribution >= 4 is 33.1 Å². The van der Waals surface area contributed by atoms with Crippen molar-refractivity contribution in [3.8, 4) is 11.3 Å². The van der Waals surface area contributed by atoms with Gasteiger partial charge in [-0.15, -0.1) is 11.3 Å². The molecule has 0 fully saturated rings. The molecule has 3 nitrogen and oxygen atoms in total. The molecule has 0 bridgehead atoms. The van der Waals surface area contributed by atoms with Gasteiger partial charge in [-0.05, 0) is 34.7 Å². The maximum atomic E-state index is 12.4. The quantitative estimate of drug-likeness (QED) is 0.435. The zero-order valence-electron chi connectivity index (χ0n) is 15.8. The number of nitrogens with one attached hydrogen (secondary N) is 1. The van der Waals surface area contributed by atoms with Crippen LogP contribution in [0.5, 0.6) is 0 Å². The third-order valence-electron chi connectivity index (χ3n) is 4.91. The van der Waals surface area contributed by atoms with E-state index in [-0.39, 0.29) is 5.91 Å². The number of hydrogen-bond acceptors (Lipinski definition) is 3. The molecule has 28 heavy (non-hydrogen) atoms. The third kappa shape index (κ3) is 4.12. The summed E-state index contributed by atoms with van der Waals surface area (Å²) in [5, 5.41) is 8.00. The van der Waals surface area contributed by atoms with E-state index < -0.39 is 0 Å². The molecule has 0 aliphatic heterocycles. The number of amides is 1. The van der Waals surface area contributed by atoms with Crippen molar-refractivity contribution in [3.63, 3.8) is 0 Å². The zero-order valence-corrected chi connectivity index (χ0v) is 16.6. The fraction of sp³-hybridized carbons (Fsp3) is 0.167. The third-order valence-corrected chi connectivity index (χ3v) is 5.67. The second-order valence-corrected chi connectivity index (χ2v) is 7.63. The second kappa shape index (κ2) is 8.36. The first-order valence-corrected chi connectivity index (χ1v) is 10.4. The molecule has 0 aliphatic carbocycles. The van der Waals surface area contributed by atoms with Crippen molar-refractivity contribution in [2.45, 2.75) is 26.2 Å². The first-order chi connectivity index (χ1) is 13.7. The lowest BCUT2D eigenvalue weighted by atomic mass is 10.0. The van der Waals surface area contributed by atoms with Crippen LogP contribution in [0.4, 0.5) is 5.13 Å². The number of rotatable bonds is 6. The maximum Gasteiger partial charge on any atom is 0.226 e. The van der Waals surface area contributed by atoms with Crippen molar-refractivity contribution in [1.82, 2.24) is 4.98 Å². The van der Waals surface area contributed by atoms with Gasteiger partial charge in [-0.2, -0.15) is 0 Å². The highest BCUT2D eigenvalue weighted by molar-refractivity contribution is 7.14. The summed E-state index contributed by atoms with van der Waals surface area (Å²) in [6, 6.07) is 22.9. The minimum absolute atomic E-state index is 0.00448. The van der Waals surface area contributed by atoms with E-state index in [9.17, 15) is 4.79 Å². The summed E-state index contributed by atoms with van der Waals surface area (Å²) in [6.45, 7) is 2.14. The van der Waals surface area contributed by atoms with Crippen LogP contribution in [0.25, 0.3) is 22.0 Å². The van der Waals surface area contributed by atoms with Crippen molar-refractivity contribution < 1.29 is 4.79 Å². The molecule has 4 heteroatoms. The molecule has 4 rings (SSSR count). The lowest BCUT2D eigenvalue weighted by molar-refractivity contribution is -0.116. The fourth-order valence-electron chi connectivity index (χ4n) is 3.32. The standard InChI is InChI=1S/C24H22N2OS/c1-2-17-10-12-20(13-11-17)22-16-28-24(25-22)26-23(27)15-14-19-8-5-7-18-6-3-4-9-21(18)19/h3-13,16H,2,14-15H2,1H3,(H,25,26,27). The van der Waals surface area contributed by atoms with Crippen molar-refractivity contribution in [2.24, 2.45) is 0 Å². The van der Waals surface area contributed by atoms with Crippen LogP contribution < -0.4 is 5.32 Å². The van der Waals surface area contributed by atoms with Gasteiger partial charge >= 0.3 is 0 Å². The second-order valence-electron chi connectivity index (χ2n) is 6.77. The highest BCUT2D eigenvalue weighted by atomic mass is 32.1. The molecule has 0 aliphatic rings. The highest BCUT2D eigenvalue weighted by Crippen LogP contribution is 2.26. The monoisotopic (exact) mass is 386 g/mol. The predicted octanol–water partition coefficient (Wildman–Crippen LogP) is 6.10. The van der Waals surface area contributed by atoms with Crippen LogP contribution in [0.2, 0.25) is 0 Å². The minimum Gasteiger partial charge on any atom is -0.302 e. The lowest BCUT2D eigenvalue weighted by Gasteiger charge is -2.06. The number of nitrogens with zero attached hydrogens (tertiary/aromatic N) is 1. The van der Waals surface area contributed by atoms with Crippen LogP contribution in [-0.4, -0.2) is 10.9 Å². The number of fused-ring (bicyclic) bond motifs is 1. The van der Waals surface area contributed by atoms with Crippen LogP contribution in [0.3, 0.4) is 0 Å². The predicted molar refractivity (Wildman–Crippen MR) is 118 cm³/mol. The van der Waals surface area contributed by atoms with E-state index in [1.807, 2.05) is 23.6 Å². The Labute approximate surface area is 169 Å². The molecular formula is C24H22N2OS. The molecule has 0 radical (unpaired) electrons. The topological polar surface area (TPSA) is 42.0 Å². The van der Waals surface area contributed by atoms with Crippen LogP contribution in [0.15, 0.2) is 72.1 Å². The van der Waals surface area contributed by atoms with Crippen LogP contribution in [-0.2, 0) is 17.6 Å². The number of benzene rings is 3. The van der Waals surface area contributed by atoms with Gasteiger partial charge in [0.1, 0.15) is 0 Å². The average Bonchev–Trinajstić information content (AvgIpc) is 3.20. The number of anilines is 1. The Morgan fingerprint density at radius 3 is 2.61 bits per heavy atom. The number of carbonyl (C=O) groups is 1. The molecular weight excluding hydrogens is 364 g/mol. The molecule has 0 saturated carbocycles. The molecule has 3 aromatic carbocycles. The van der Waals surface area contributed by atoms with Crippen LogP contribution in [0.1, 0.15) is 24.5 Å². The molecule has 1 N–H and O–H groups in total. The number of aromatic nitrogens is 1. The molecule has 0 atom stereocenters. The Kier molecular flexibility index (Phi) is 5.49. The molecule has 0 spiro atoms. The van der Waals surface area contributed by atoms with Gasteiger partial charge in [0.05, 0.1) is 5.69 Å². The van der Waals surface area contributed by atoms with Gasteiger partial charge in [0.15, 0.2) is 5.13 Å². The van der Waals surface area contributed by atoms with Crippen molar-refractivity contribution in [2.75, 3.05) is 5.32 Å². The Morgan fingerprint density at radius 1 is 1.00 bits per heavy atom. The molecule has 140 valence electrons. The smallest absolute Gasteiger partial charge is 0.226 e. The maximum absolute atomic E-state index is 12.4. The Bertz CT molecular complexity index is 1090. The molecule has 4 aromatic rings. The van der Waals surface area contributed by atoms with Gasteiger partial charge < -0.3 is 5.32 Å². The molecule has 1 heterocycles. The fourth-order valence-corrected chi connectivity index (χ4v) is 4.05. The van der Waals surface area contributed by atoms with E-state index in [0.29, 0.717) is 18.0 Å². The van der Waals surface area contributed by atoms with Gasteiger partial charge in [-0.25, -0.2) is 4.98 Å². The summed E-state index contributed by atoms with van der Waals surface area (Å²) in [7, 11) is 0. The summed E-state index contributed by atoms with van der Waals surface area (Å²) in [6.07, 6.45) is 2.17. The zero-order chi connectivity index (χ0) is 19.3. The molecule has 1 amide bonds. The van der Waals surface area contributed by atoms with Crippen molar-refractivity contribution in [1.29, 1.82) is 0 Å². The van der Waals surface area contributed by atoms with Crippen molar-refractivity contribution in [3.05, 3.63) is 83.2 Å². The average molecular weight is 387 g/mol.